The zero-order valence-electron chi connectivity index (χ0n) is 15.9. The van der Waals surface area contributed by atoms with E-state index in [4.69, 9.17) is 9.47 Å². The molecular formula is C22H19FN2O3S. The predicted molar refractivity (Wildman–Crippen MR) is 110 cm³/mol. The number of nitrogens with zero attached hydrogens (tertiary/aromatic N) is 1. The van der Waals surface area contributed by atoms with Crippen molar-refractivity contribution >= 4 is 22.9 Å². The van der Waals surface area contributed by atoms with Gasteiger partial charge in [0.1, 0.15) is 11.9 Å². The number of carbonyl (C=O) groups excluding carboxylic acids is 1. The van der Waals surface area contributed by atoms with Gasteiger partial charge in [0, 0.05) is 11.1 Å². The standard InChI is InChI=1S/C22H19FN2O3S/c1-27-19-10-9-14(12-20(19)28-2)17-13-18(15-6-3-4-7-16(15)23)25(24-17)22(26)21-8-5-11-29-21/h3-13,18,24H,1-2H3/t18-/m1/s1. The van der Waals surface area contributed by atoms with Crippen molar-refractivity contribution in [3.05, 3.63) is 87.9 Å². The van der Waals surface area contributed by atoms with E-state index in [9.17, 15) is 9.18 Å². The Balaban J connectivity index is 1.75. The fourth-order valence-corrected chi connectivity index (χ4v) is 3.93. The SMILES string of the molecule is COc1ccc(C2=C[C@H](c3ccccc3F)N(C(=O)c3cccs3)N2)cc1OC. The van der Waals surface area contributed by atoms with E-state index < -0.39 is 6.04 Å². The lowest BCUT2D eigenvalue weighted by Crippen LogP contribution is -2.39. The van der Waals surface area contributed by atoms with Crippen molar-refractivity contribution in [1.82, 2.24) is 10.4 Å². The van der Waals surface area contributed by atoms with Gasteiger partial charge in [-0.1, -0.05) is 24.3 Å². The topological polar surface area (TPSA) is 50.8 Å². The molecule has 0 unspecified atom stereocenters. The number of rotatable bonds is 5. The molecule has 1 N–H and O–H groups in total. The van der Waals surface area contributed by atoms with Crippen molar-refractivity contribution in [1.29, 1.82) is 0 Å². The van der Waals surface area contributed by atoms with E-state index in [1.165, 1.54) is 22.4 Å². The average Bonchev–Trinajstić information content (AvgIpc) is 3.43. The van der Waals surface area contributed by atoms with E-state index in [1.807, 2.05) is 29.7 Å². The fourth-order valence-electron chi connectivity index (χ4n) is 3.27. The minimum absolute atomic E-state index is 0.222. The van der Waals surface area contributed by atoms with Crippen molar-refractivity contribution in [2.24, 2.45) is 0 Å². The summed E-state index contributed by atoms with van der Waals surface area (Å²) in [5.41, 5.74) is 5.05. The highest BCUT2D eigenvalue weighted by Gasteiger charge is 2.33. The predicted octanol–water partition coefficient (Wildman–Crippen LogP) is 4.65. The monoisotopic (exact) mass is 410 g/mol. The molecule has 7 heteroatoms. The summed E-state index contributed by atoms with van der Waals surface area (Å²) in [6.07, 6.45) is 1.84. The molecule has 5 nitrogen and oxygen atoms in total. The van der Waals surface area contributed by atoms with Crippen LogP contribution in [0.3, 0.4) is 0 Å². The van der Waals surface area contributed by atoms with Crippen LogP contribution in [-0.2, 0) is 0 Å². The summed E-state index contributed by atoms with van der Waals surface area (Å²) in [6.45, 7) is 0. The summed E-state index contributed by atoms with van der Waals surface area (Å²) in [4.78, 5) is 13.6. The number of nitrogens with one attached hydrogen (secondary N) is 1. The van der Waals surface area contributed by atoms with Crippen molar-refractivity contribution in [2.45, 2.75) is 6.04 Å². The summed E-state index contributed by atoms with van der Waals surface area (Å²) in [7, 11) is 3.13. The van der Waals surface area contributed by atoms with Crippen LogP contribution in [0.2, 0.25) is 0 Å². The number of carbonyl (C=O) groups is 1. The number of hydrogen-bond acceptors (Lipinski definition) is 5. The highest BCUT2D eigenvalue weighted by atomic mass is 32.1. The van der Waals surface area contributed by atoms with Crippen molar-refractivity contribution in [3.63, 3.8) is 0 Å². The van der Waals surface area contributed by atoms with Crippen LogP contribution < -0.4 is 14.9 Å². The second kappa shape index (κ2) is 7.97. The minimum atomic E-state index is -0.589. The van der Waals surface area contributed by atoms with Crippen LogP contribution in [-0.4, -0.2) is 25.1 Å². The molecular weight excluding hydrogens is 391 g/mol. The van der Waals surface area contributed by atoms with Gasteiger partial charge >= 0.3 is 0 Å². The number of methoxy groups -OCH3 is 2. The highest BCUT2D eigenvalue weighted by molar-refractivity contribution is 7.12. The van der Waals surface area contributed by atoms with Crippen LogP contribution in [0, 0.1) is 5.82 Å². The Bertz CT molecular complexity index is 1070. The first-order valence-electron chi connectivity index (χ1n) is 8.94. The zero-order chi connectivity index (χ0) is 20.4. The van der Waals surface area contributed by atoms with Gasteiger partial charge in [-0.25, -0.2) is 9.40 Å². The second-order valence-corrected chi connectivity index (χ2v) is 7.33. The van der Waals surface area contributed by atoms with Crippen LogP contribution in [0.25, 0.3) is 5.70 Å². The zero-order valence-corrected chi connectivity index (χ0v) is 16.7. The molecule has 0 radical (unpaired) electrons. The molecule has 0 saturated carbocycles. The first kappa shape index (κ1) is 19.0. The van der Waals surface area contributed by atoms with E-state index in [0.29, 0.717) is 27.6 Å². The van der Waals surface area contributed by atoms with Crippen LogP contribution >= 0.6 is 11.3 Å². The van der Waals surface area contributed by atoms with E-state index in [0.717, 1.165) is 5.56 Å². The number of benzene rings is 2. The maximum absolute atomic E-state index is 14.5. The van der Waals surface area contributed by atoms with Gasteiger partial charge in [0.05, 0.1) is 24.8 Å². The fraction of sp³-hybridized carbons (Fsp3) is 0.136. The first-order chi connectivity index (χ1) is 14.1. The molecule has 2 heterocycles. The molecule has 1 aliphatic rings. The Morgan fingerprint density at radius 2 is 1.86 bits per heavy atom. The number of ether oxygens (including phenoxy) is 2. The summed E-state index contributed by atoms with van der Waals surface area (Å²) in [6, 6.07) is 14.9. The quantitative estimate of drug-likeness (QED) is 0.665. The lowest BCUT2D eigenvalue weighted by molar-refractivity contribution is 0.0675. The lowest BCUT2D eigenvalue weighted by atomic mass is 10.0. The largest absolute Gasteiger partial charge is 0.493 e. The van der Waals surface area contributed by atoms with E-state index >= 15 is 0 Å². The highest BCUT2D eigenvalue weighted by Crippen LogP contribution is 2.36. The normalized spacial score (nSPS) is 15.6. The maximum Gasteiger partial charge on any atom is 0.283 e. The Kier molecular flexibility index (Phi) is 5.22. The molecule has 1 atom stereocenters. The molecule has 1 amide bonds. The Morgan fingerprint density at radius 3 is 2.55 bits per heavy atom. The number of hydrazine groups is 1. The summed E-state index contributed by atoms with van der Waals surface area (Å²) in [5.74, 6) is 0.582. The van der Waals surface area contributed by atoms with Gasteiger partial charge in [-0.2, -0.15) is 0 Å². The summed E-state index contributed by atoms with van der Waals surface area (Å²) < 4.78 is 25.2. The van der Waals surface area contributed by atoms with E-state index in [2.05, 4.69) is 5.43 Å². The van der Waals surface area contributed by atoms with Crippen LogP contribution in [0.5, 0.6) is 11.5 Å². The molecule has 1 aliphatic heterocycles. The number of hydrogen-bond donors (Lipinski definition) is 1. The minimum Gasteiger partial charge on any atom is -0.493 e. The van der Waals surface area contributed by atoms with E-state index in [-0.39, 0.29) is 11.7 Å². The summed E-state index contributed by atoms with van der Waals surface area (Å²) >= 11 is 1.34. The van der Waals surface area contributed by atoms with Gasteiger partial charge in [-0.15, -0.1) is 11.3 Å². The molecule has 3 aromatic rings. The number of halogens is 1. The Hall–Kier alpha value is -3.32. The molecule has 2 aromatic carbocycles. The van der Waals surface area contributed by atoms with Gasteiger partial charge in [0.15, 0.2) is 11.5 Å². The molecule has 0 spiro atoms. The number of thiophene rings is 1. The van der Waals surface area contributed by atoms with Gasteiger partial charge in [0.25, 0.3) is 5.91 Å². The van der Waals surface area contributed by atoms with Crippen LogP contribution in [0.4, 0.5) is 4.39 Å². The molecule has 0 bridgehead atoms. The van der Waals surface area contributed by atoms with E-state index in [1.54, 1.807) is 44.6 Å². The molecule has 1 aromatic heterocycles. The van der Waals surface area contributed by atoms with Gasteiger partial charge in [-0.3, -0.25) is 10.2 Å². The number of amides is 1. The molecule has 148 valence electrons. The van der Waals surface area contributed by atoms with Crippen LogP contribution in [0.1, 0.15) is 26.8 Å². The maximum atomic E-state index is 14.5. The molecule has 0 fully saturated rings. The third-order valence-electron chi connectivity index (χ3n) is 4.71. The third kappa shape index (κ3) is 3.56. The van der Waals surface area contributed by atoms with Gasteiger partial charge in [0.2, 0.25) is 0 Å². The first-order valence-corrected chi connectivity index (χ1v) is 9.82. The van der Waals surface area contributed by atoms with Crippen LogP contribution in [0.15, 0.2) is 66.1 Å². The smallest absolute Gasteiger partial charge is 0.283 e. The average molecular weight is 410 g/mol. The lowest BCUT2D eigenvalue weighted by Gasteiger charge is -2.25. The molecule has 0 aliphatic carbocycles. The van der Waals surface area contributed by atoms with Crippen molar-refractivity contribution in [3.8, 4) is 11.5 Å². The molecule has 29 heavy (non-hydrogen) atoms. The third-order valence-corrected chi connectivity index (χ3v) is 5.57. The Morgan fingerprint density at radius 1 is 1.07 bits per heavy atom. The molecule has 0 saturated heterocycles. The molecule has 4 rings (SSSR count). The summed E-state index contributed by atoms with van der Waals surface area (Å²) in [5, 5.41) is 3.29. The second-order valence-electron chi connectivity index (χ2n) is 6.38. The van der Waals surface area contributed by atoms with Crippen molar-refractivity contribution < 1.29 is 18.7 Å². The van der Waals surface area contributed by atoms with Gasteiger partial charge < -0.3 is 9.47 Å². The van der Waals surface area contributed by atoms with Crippen molar-refractivity contribution in [2.75, 3.05) is 14.2 Å². The van der Waals surface area contributed by atoms with Gasteiger partial charge in [-0.05, 0) is 41.8 Å². The Labute approximate surface area is 172 Å².